The van der Waals surface area contributed by atoms with Gasteiger partial charge in [-0.15, -0.1) is 0 Å². The van der Waals surface area contributed by atoms with Crippen LogP contribution < -0.4 is 4.74 Å². The number of benzene rings is 4. The van der Waals surface area contributed by atoms with Crippen molar-refractivity contribution < 1.29 is 4.74 Å². The second-order valence-electron chi connectivity index (χ2n) is 6.73. The molecule has 0 N–H and O–H groups in total. The molecule has 0 saturated carbocycles. The number of para-hydroxylation sites is 1. The van der Waals surface area contributed by atoms with Crippen LogP contribution in [0.1, 0.15) is 24.8 Å². The number of halogens is 1. The molecule has 0 atom stereocenters. The van der Waals surface area contributed by atoms with Crippen LogP contribution in [0, 0.1) is 11.8 Å². The van der Waals surface area contributed by atoms with Crippen LogP contribution in [0.4, 0.5) is 0 Å². The van der Waals surface area contributed by atoms with E-state index in [2.05, 4.69) is 82.4 Å². The number of unbranched alkanes of at least 4 members (excludes halogenated alkanes) is 2. The molecule has 0 unspecified atom stereocenters. The maximum atomic E-state index is 5.81. The molecular formula is C26H21BrO. The number of rotatable bonds is 5. The Morgan fingerprint density at radius 1 is 0.750 bits per heavy atom. The largest absolute Gasteiger partial charge is 0.492 e. The molecule has 0 fully saturated rings. The Morgan fingerprint density at radius 2 is 1.46 bits per heavy atom. The van der Waals surface area contributed by atoms with Gasteiger partial charge in [0.05, 0.1) is 11.1 Å². The summed E-state index contributed by atoms with van der Waals surface area (Å²) in [5.74, 6) is 7.65. The van der Waals surface area contributed by atoms with Crippen molar-refractivity contribution in [3.63, 3.8) is 0 Å². The van der Waals surface area contributed by atoms with Gasteiger partial charge in [0.25, 0.3) is 0 Å². The standard InChI is InChI=1S/C26H21BrO/c27-25-16-8-9-17-26(25)28-18-10-2-1-3-11-20-19-21-12-4-5-13-22(21)24-15-7-6-14-23(20)24/h4-9,12-17,19H,1-2,10,18H2. The first-order valence-corrected chi connectivity index (χ1v) is 10.4. The molecule has 4 aromatic carbocycles. The average Bonchev–Trinajstić information content (AvgIpc) is 2.74. The Morgan fingerprint density at radius 3 is 2.32 bits per heavy atom. The van der Waals surface area contributed by atoms with Gasteiger partial charge >= 0.3 is 0 Å². The van der Waals surface area contributed by atoms with Crippen molar-refractivity contribution in [2.75, 3.05) is 6.61 Å². The van der Waals surface area contributed by atoms with Crippen LogP contribution in [0.3, 0.4) is 0 Å². The third-order valence-electron chi connectivity index (χ3n) is 4.78. The molecule has 0 bridgehead atoms. The first-order chi connectivity index (χ1) is 13.8. The highest BCUT2D eigenvalue weighted by Crippen LogP contribution is 2.28. The molecule has 4 aromatic rings. The van der Waals surface area contributed by atoms with E-state index in [-0.39, 0.29) is 0 Å². The number of fused-ring (bicyclic) bond motifs is 3. The lowest BCUT2D eigenvalue weighted by Crippen LogP contribution is -1.97. The van der Waals surface area contributed by atoms with Gasteiger partial charge in [-0.25, -0.2) is 0 Å². The lowest BCUT2D eigenvalue weighted by atomic mass is 9.97. The van der Waals surface area contributed by atoms with Crippen molar-refractivity contribution >= 4 is 37.5 Å². The molecule has 0 aliphatic carbocycles. The van der Waals surface area contributed by atoms with E-state index in [0.29, 0.717) is 6.61 Å². The van der Waals surface area contributed by atoms with E-state index in [1.165, 1.54) is 21.5 Å². The van der Waals surface area contributed by atoms with Gasteiger partial charge in [0, 0.05) is 12.0 Å². The van der Waals surface area contributed by atoms with Gasteiger partial charge in [-0.1, -0.05) is 72.5 Å². The van der Waals surface area contributed by atoms with Crippen LogP contribution in [0.2, 0.25) is 0 Å². The zero-order chi connectivity index (χ0) is 19.2. The third-order valence-corrected chi connectivity index (χ3v) is 5.44. The predicted molar refractivity (Wildman–Crippen MR) is 122 cm³/mol. The fourth-order valence-corrected chi connectivity index (χ4v) is 3.77. The highest BCUT2D eigenvalue weighted by molar-refractivity contribution is 9.10. The molecule has 0 spiro atoms. The molecule has 4 rings (SSSR count). The zero-order valence-corrected chi connectivity index (χ0v) is 17.2. The molecule has 0 saturated heterocycles. The van der Waals surface area contributed by atoms with Crippen molar-refractivity contribution in [2.45, 2.75) is 19.3 Å². The number of hydrogen-bond donors (Lipinski definition) is 0. The van der Waals surface area contributed by atoms with E-state index < -0.39 is 0 Å². The minimum absolute atomic E-state index is 0.712. The van der Waals surface area contributed by atoms with E-state index in [9.17, 15) is 0 Å². The summed E-state index contributed by atoms with van der Waals surface area (Å²) in [7, 11) is 0. The Kier molecular flexibility index (Phi) is 5.95. The second kappa shape index (κ2) is 8.95. The molecule has 0 amide bonds. The maximum Gasteiger partial charge on any atom is 0.133 e. The highest BCUT2D eigenvalue weighted by atomic mass is 79.9. The van der Waals surface area contributed by atoms with Gasteiger partial charge < -0.3 is 4.74 Å². The maximum absolute atomic E-state index is 5.81. The van der Waals surface area contributed by atoms with Crippen molar-refractivity contribution in [3.05, 3.63) is 88.9 Å². The molecule has 0 aliphatic rings. The van der Waals surface area contributed by atoms with Gasteiger partial charge in [0.15, 0.2) is 0 Å². The summed E-state index contributed by atoms with van der Waals surface area (Å²) in [6, 6.07) is 27.2. The summed E-state index contributed by atoms with van der Waals surface area (Å²) in [6.45, 7) is 0.712. The molecule has 1 nitrogen and oxygen atoms in total. The lowest BCUT2D eigenvalue weighted by molar-refractivity contribution is 0.306. The van der Waals surface area contributed by atoms with Crippen molar-refractivity contribution in [3.8, 4) is 17.6 Å². The van der Waals surface area contributed by atoms with Crippen molar-refractivity contribution in [1.82, 2.24) is 0 Å². The summed E-state index contributed by atoms with van der Waals surface area (Å²) in [5, 5.41) is 5.03. The normalized spacial score (nSPS) is 10.6. The molecule has 138 valence electrons. The van der Waals surface area contributed by atoms with Crippen LogP contribution in [0.5, 0.6) is 5.75 Å². The number of ether oxygens (including phenoxy) is 1. The molecule has 28 heavy (non-hydrogen) atoms. The Balaban J connectivity index is 1.40. The molecule has 0 heterocycles. The fraction of sp³-hybridized carbons (Fsp3) is 0.154. The summed E-state index contributed by atoms with van der Waals surface area (Å²) < 4.78 is 6.81. The van der Waals surface area contributed by atoms with E-state index in [0.717, 1.165) is 35.0 Å². The smallest absolute Gasteiger partial charge is 0.133 e. The van der Waals surface area contributed by atoms with E-state index in [1.807, 2.05) is 24.3 Å². The molecule has 0 radical (unpaired) electrons. The Bertz CT molecular complexity index is 1170. The zero-order valence-electron chi connectivity index (χ0n) is 15.6. The summed E-state index contributed by atoms with van der Waals surface area (Å²) in [5.41, 5.74) is 1.11. The van der Waals surface area contributed by atoms with E-state index in [4.69, 9.17) is 4.74 Å². The van der Waals surface area contributed by atoms with Crippen LogP contribution in [0.25, 0.3) is 21.5 Å². The Hall–Kier alpha value is -2.76. The lowest BCUT2D eigenvalue weighted by Gasteiger charge is -2.07. The van der Waals surface area contributed by atoms with E-state index >= 15 is 0 Å². The topological polar surface area (TPSA) is 9.23 Å². The molecular weight excluding hydrogens is 408 g/mol. The highest BCUT2D eigenvalue weighted by Gasteiger charge is 2.04. The molecule has 0 aromatic heterocycles. The first kappa shape index (κ1) is 18.6. The monoisotopic (exact) mass is 428 g/mol. The van der Waals surface area contributed by atoms with Crippen LogP contribution in [-0.4, -0.2) is 6.61 Å². The van der Waals surface area contributed by atoms with Crippen LogP contribution in [-0.2, 0) is 0 Å². The van der Waals surface area contributed by atoms with Gasteiger partial charge in [-0.3, -0.25) is 0 Å². The van der Waals surface area contributed by atoms with Gasteiger partial charge in [0.2, 0.25) is 0 Å². The van der Waals surface area contributed by atoms with Crippen molar-refractivity contribution in [2.24, 2.45) is 0 Å². The van der Waals surface area contributed by atoms with Gasteiger partial charge in [-0.05, 0) is 68.5 Å². The Labute approximate surface area is 174 Å². The summed E-state index contributed by atoms with van der Waals surface area (Å²) in [4.78, 5) is 0. The van der Waals surface area contributed by atoms with E-state index in [1.54, 1.807) is 0 Å². The quantitative estimate of drug-likeness (QED) is 0.183. The van der Waals surface area contributed by atoms with Crippen LogP contribution >= 0.6 is 15.9 Å². The summed E-state index contributed by atoms with van der Waals surface area (Å²) in [6.07, 6.45) is 2.90. The SMILES string of the molecule is Brc1ccccc1OCCCCC#Cc1cc2ccccc2c2ccccc12. The van der Waals surface area contributed by atoms with Crippen LogP contribution in [0.15, 0.2) is 83.3 Å². The fourth-order valence-electron chi connectivity index (χ4n) is 3.37. The van der Waals surface area contributed by atoms with Gasteiger partial charge in [-0.2, -0.15) is 0 Å². The molecule has 2 heteroatoms. The average molecular weight is 429 g/mol. The second-order valence-corrected chi connectivity index (χ2v) is 7.58. The minimum Gasteiger partial charge on any atom is -0.492 e. The van der Waals surface area contributed by atoms with Crippen molar-refractivity contribution in [1.29, 1.82) is 0 Å². The minimum atomic E-state index is 0.712. The summed E-state index contributed by atoms with van der Waals surface area (Å²) >= 11 is 3.51. The first-order valence-electron chi connectivity index (χ1n) is 9.59. The molecule has 0 aliphatic heterocycles. The number of hydrogen-bond acceptors (Lipinski definition) is 1. The predicted octanol–water partition coefficient (Wildman–Crippen LogP) is 7.36. The third kappa shape index (κ3) is 4.21. The van der Waals surface area contributed by atoms with Gasteiger partial charge in [0.1, 0.15) is 5.75 Å².